The molecule has 0 fully saturated rings. The highest BCUT2D eigenvalue weighted by Gasteiger charge is 2.27. The molecule has 24 heavy (non-hydrogen) atoms. The average Bonchev–Trinajstić information content (AvgIpc) is 2.92. The standard InChI is InChI=1S/C18H23NO5/c1-4-23-10-9-15(17(20)21)19-14-8-6-7-12(3)13(14)11-16(19)18(22)24-5-2/h6-8,11,15H,4-5,9-10H2,1-3H3,(H,20,21). The molecule has 0 saturated heterocycles. The number of fused-ring (bicyclic) bond motifs is 1. The van der Waals surface area contributed by atoms with Gasteiger partial charge in [0.2, 0.25) is 0 Å². The normalized spacial score (nSPS) is 12.3. The minimum Gasteiger partial charge on any atom is -0.480 e. The van der Waals surface area contributed by atoms with Crippen LogP contribution in [-0.4, -0.2) is 41.4 Å². The van der Waals surface area contributed by atoms with E-state index in [0.717, 1.165) is 10.9 Å². The molecule has 0 aliphatic heterocycles. The molecule has 0 bridgehead atoms. The summed E-state index contributed by atoms with van der Waals surface area (Å²) in [6.07, 6.45) is 0.271. The van der Waals surface area contributed by atoms with Crippen LogP contribution < -0.4 is 0 Å². The van der Waals surface area contributed by atoms with E-state index < -0.39 is 18.0 Å². The average molecular weight is 333 g/mol. The zero-order chi connectivity index (χ0) is 17.7. The van der Waals surface area contributed by atoms with E-state index in [1.807, 2.05) is 32.0 Å². The number of carbonyl (C=O) groups is 2. The van der Waals surface area contributed by atoms with Gasteiger partial charge in [-0.05, 0) is 38.5 Å². The van der Waals surface area contributed by atoms with Gasteiger partial charge in [-0.1, -0.05) is 12.1 Å². The monoisotopic (exact) mass is 333 g/mol. The predicted octanol–water partition coefficient (Wildman–Crippen LogP) is 3.18. The molecule has 1 atom stereocenters. The van der Waals surface area contributed by atoms with Gasteiger partial charge in [0.1, 0.15) is 11.7 Å². The van der Waals surface area contributed by atoms with E-state index in [0.29, 0.717) is 18.7 Å². The van der Waals surface area contributed by atoms with Crippen molar-refractivity contribution in [3.63, 3.8) is 0 Å². The third-order valence-corrected chi connectivity index (χ3v) is 3.92. The molecular formula is C18H23NO5. The predicted molar refractivity (Wildman–Crippen MR) is 90.4 cm³/mol. The lowest BCUT2D eigenvalue weighted by atomic mass is 10.1. The first-order valence-electron chi connectivity index (χ1n) is 8.09. The lowest BCUT2D eigenvalue weighted by molar-refractivity contribution is -0.141. The first kappa shape index (κ1) is 18.0. The number of carboxylic acid groups (broad SMARTS) is 1. The Balaban J connectivity index is 2.58. The van der Waals surface area contributed by atoms with Gasteiger partial charge in [0.15, 0.2) is 0 Å². The number of carbonyl (C=O) groups excluding carboxylic acids is 1. The molecule has 2 aromatic rings. The Morgan fingerprint density at radius 1 is 1.25 bits per heavy atom. The van der Waals surface area contributed by atoms with Crippen LogP contribution in [0.15, 0.2) is 24.3 Å². The van der Waals surface area contributed by atoms with Crippen molar-refractivity contribution in [2.24, 2.45) is 0 Å². The second kappa shape index (κ2) is 7.97. The molecule has 0 amide bonds. The third-order valence-electron chi connectivity index (χ3n) is 3.92. The maximum Gasteiger partial charge on any atom is 0.354 e. The van der Waals surface area contributed by atoms with Gasteiger partial charge in [0.25, 0.3) is 0 Å². The molecular weight excluding hydrogens is 310 g/mol. The molecule has 1 N–H and O–H groups in total. The number of esters is 1. The Kier molecular flexibility index (Phi) is 5.98. The summed E-state index contributed by atoms with van der Waals surface area (Å²) in [6, 6.07) is 6.42. The molecule has 0 saturated carbocycles. The zero-order valence-electron chi connectivity index (χ0n) is 14.2. The van der Waals surface area contributed by atoms with E-state index in [-0.39, 0.29) is 18.7 Å². The smallest absolute Gasteiger partial charge is 0.354 e. The highest BCUT2D eigenvalue weighted by atomic mass is 16.5. The van der Waals surface area contributed by atoms with Gasteiger partial charge in [0.05, 0.1) is 6.61 Å². The fourth-order valence-corrected chi connectivity index (χ4v) is 2.80. The van der Waals surface area contributed by atoms with Gasteiger partial charge in [-0.25, -0.2) is 9.59 Å². The fourth-order valence-electron chi connectivity index (χ4n) is 2.80. The van der Waals surface area contributed by atoms with Crippen LogP contribution in [-0.2, 0) is 14.3 Å². The van der Waals surface area contributed by atoms with Crippen LogP contribution in [0.2, 0.25) is 0 Å². The van der Waals surface area contributed by atoms with Gasteiger partial charge in [-0.2, -0.15) is 0 Å². The summed E-state index contributed by atoms with van der Waals surface area (Å²) in [7, 11) is 0. The van der Waals surface area contributed by atoms with E-state index in [1.54, 1.807) is 17.6 Å². The first-order chi connectivity index (χ1) is 11.5. The summed E-state index contributed by atoms with van der Waals surface area (Å²) in [5.74, 6) is -1.52. The summed E-state index contributed by atoms with van der Waals surface area (Å²) < 4.78 is 12.0. The maximum absolute atomic E-state index is 12.3. The minimum atomic E-state index is -1.00. The van der Waals surface area contributed by atoms with Crippen LogP contribution in [0.4, 0.5) is 0 Å². The maximum atomic E-state index is 12.3. The summed E-state index contributed by atoms with van der Waals surface area (Å²) in [6.45, 7) is 6.56. The summed E-state index contributed by atoms with van der Waals surface area (Å²) in [5, 5.41) is 10.5. The molecule has 0 aliphatic rings. The van der Waals surface area contributed by atoms with Crippen molar-refractivity contribution in [1.29, 1.82) is 0 Å². The van der Waals surface area contributed by atoms with E-state index in [9.17, 15) is 14.7 Å². The van der Waals surface area contributed by atoms with Gasteiger partial charge < -0.3 is 19.1 Å². The van der Waals surface area contributed by atoms with Crippen molar-refractivity contribution in [2.45, 2.75) is 33.2 Å². The summed E-state index contributed by atoms with van der Waals surface area (Å²) in [5.41, 5.74) is 1.94. The van der Waals surface area contributed by atoms with Crippen LogP contribution in [0.25, 0.3) is 10.9 Å². The minimum absolute atomic E-state index is 0.232. The lowest BCUT2D eigenvalue weighted by Gasteiger charge is -2.18. The Morgan fingerprint density at radius 2 is 2.00 bits per heavy atom. The van der Waals surface area contributed by atoms with Gasteiger partial charge >= 0.3 is 11.9 Å². The van der Waals surface area contributed by atoms with E-state index in [1.165, 1.54) is 0 Å². The molecule has 1 unspecified atom stereocenters. The van der Waals surface area contributed by atoms with Crippen molar-refractivity contribution in [1.82, 2.24) is 4.57 Å². The van der Waals surface area contributed by atoms with Crippen molar-refractivity contribution in [2.75, 3.05) is 19.8 Å². The topological polar surface area (TPSA) is 77.8 Å². The first-order valence-corrected chi connectivity index (χ1v) is 8.09. The number of hydrogen-bond donors (Lipinski definition) is 1. The Labute approximate surface area is 141 Å². The summed E-state index contributed by atoms with van der Waals surface area (Å²) in [4.78, 5) is 24.2. The number of aromatic nitrogens is 1. The van der Waals surface area contributed by atoms with Crippen LogP contribution in [0.1, 0.15) is 42.4 Å². The number of hydrogen-bond acceptors (Lipinski definition) is 4. The number of aliphatic carboxylic acids is 1. The second-order valence-corrected chi connectivity index (χ2v) is 5.47. The van der Waals surface area contributed by atoms with Crippen LogP contribution in [0, 0.1) is 6.92 Å². The van der Waals surface area contributed by atoms with Gasteiger partial charge in [-0.3, -0.25) is 0 Å². The molecule has 6 heteroatoms. The zero-order valence-corrected chi connectivity index (χ0v) is 14.2. The highest BCUT2D eigenvalue weighted by Crippen LogP contribution is 2.29. The second-order valence-electron chi connectivity index (χ2n) is 5.47. The number of nitrogens with zero attached hydrogens (tertiary/aromatic N) is 1. The fraction of sp³-hybridized carbons (Fsp3) is 0.444. The van der Waals surface area contributed by atoms with Crippen molar-refractivity contribution in [3.8, 4) is 0 Å². The molecule has 2 rings (SSSR count). The van der Waals surface area contributed by atoms with Crippen LogP contribution in [0.3, 0.4) is 0 Å². The molecule has 1 heterocycles. The van der Waals surface area contributed by atoms with Crippen molar-refractivity contribution < 1.29 is 24.2 Å². The summed E-state index contributed by atoms with van der Waals surface area (Å²) >= 11 is 0. The number of benzene rings is 1. The molecule has 1 aromatic carbocycles. The third kappa shape index (κ3) is 3.59. The number of aryl methyl sites for hydroxylation is 1. The molecule has 0 aliphatic carbocycles. The lowest BCUT2D eigenvalue weighted by Crippen LogP contribution is -2.24. The van der Waals surface area contributed by atoms with Crippen LogP contribution >= 0.6 is 0 Å². The van der Waals surface area contributed by atoms with Gasteiger partial charge in [0, 0.05) is 30.5 Å². The largest absolute Gasteiger partial charge is 0.480 e. The Morgan fingerprint density at radius 3 is 2.62 bits per heavy atom. The van der Waals surface area contributed by atoms with E-state index in [4.69, 9.17) is 9.47 Å². The quantitative estimate of drug-likeness (QED) is 0.593. The van der Waals surface area contributed by atoms with E-state index in [2.05, 4.69) is 0 Å². The molecule has 0 spiro atoms. The Hall–Kier alpha value is -2.34. The number of carboxylic acids is 1. The van der Waals surface area contributed by atoms with Crippen molar-refractivity contribution >= 4 is 22.8 Å². The Bertz CT molecular complexity index is 734. The molecule has 6 nitrogen and oxygen atoms in total. The van der Waals surface area contributed by atoms with Crippen molar-refractivity contribution in [3.05, 3.63) is 35.5 Å². The van der Waals surface area contributed by atoms with E-state index >= 15 is 0 Å². The number of ether oxygens (including phenoxy) is 2. The van der Waals surface area contributed by atoms with Gasteiger partial charge in [-0.15, -0.1) is 0 Å². The SMILES string of the molecule is CCOCCC(C(=O)O)n1c(C(=O)OCC)cc2c(C)cccc21. The van der Waals surface area contributed by atoms with Crippen LogP contribution in [0.5, 0.6) is 0 Å². The molecule has 0 radical (unpaired) electrons. The number of rotatable bonds is 8. The highest BCUT2D eigenvalue weighted by molar-refractivity contribution is 5.98. The molecule has 130 valence electrons. The molecule has 1 aromatic heterocycles.